The minimum absolute atomic E-state index is 0.00394. The molecule has 0 saturated heterocycles. The first-order chi connectivity index (χ1) is 10.7. The second-order valence-corrected chi connectivity index (χ2v) is 5.06. The fourth-order valence-electron chi connectivity index (χ4n) is 2.71. The van der Waals surface area contributed by atoms with Crippen LogP contribution in [0.5, 0.6) is 11.5 Å². The number of phenols is 1. The molecule has 1 amide bonds. The van der Waals surface area contributed by atoms with Crippen LogP contribution in [0.15, 0.2) is 42.5 Å². The lowest BCUT2D eigenvalue weighted by Crippen LogP contribution is -2.25. The molecule has 3 rings (SSSR count). The van der Waals surface area contributed by atoms with Crippen molar-refractivity contribution < 1.29 is 14.6 Å². The van der Waals surface area contributed by atoms with Crippen LogP contribution in [0.25, 0.3) is 11.6 Å². The Morgan fingerprint density at radius 3 is 2.73 bits per heavy atom. The summed E-state index contributed by atoms with van der Waals surface area (Å²) in [5, 5.41) is 9.66. The van der Waals surface area contributed by atoms with E-state index in [1.807, 2.05) is 37.3 Å². The fraction of sp³-hybridized carbons (Fsp3) is 0.167. The lowest BCUT2D eigenvalue weighted by Gasteiger charge is -2.13. The van der Waals surface area contributed by atoms with Gasteiger partial charge >= 0.3 is 0 Å². The van der Waals surface area contributed by atoms with E-state index in [2.05, 4.69) is 0 Å². The Kier molecular flexibility index (Phi) is 3.59. The van der Waals surface area contributed by atoms with Crippen LogP contribution in [0.3, 0.4) is 0 Å². The van der Waals surface area contributed by atoms with Gasteiger partial charge < -0.3 is 14.7 Å². The highest BCUT2D eigenvalue weighted by atomic mass is 16.5. The molecule has 0 unspecified atom stereocenters. The molecule has 1 aliphatic rings. The zero-order valence-corrected chi connectivity index (χ0v) is 12.5. The van der Waals surface area contributed by atoms with Crippen LogP contribution in [0.1, 0.15) is 18.1 Å². The first kappa shape index (κ1) is 14.2. The lowest BCUT2D eigenvalue weighted by molar-refractivity contribution is -0.112. The number of para-hydroxylation sites is 1. The van der Waals surface area contributed by atoms with Crippen molar-refractivity contribution in [3.05, 3.63) is 53.6 Å². The molecule has 4 heteroatoms. The third-order valence-corrected chi connectivity index (χ3v) is 3.79. The average molecular weight is 295 g/mol. The summed E-state index contributed by atoms with van der Waals surface area (Å²) in [6.07, 6.45) is 1.83. The molecule has 0 bridgehead atoms. The third-order valence-electron chi connectivity index (χ3n) is 3.79. The Morgan fingerprint density at radius 1 is 1.23 bits per heavy atom. The van der Waals surface area contributed by atoms with Gasteiger partial charge in [-0.15, -0.1) is 0 Å². The van der Waals surface area contributed by atoms with E-state index in [9.17, 15) is 9.90 Å². The standard InChI is InChI=1S/C18H17NO3/c1-3-19-15-7-5-4-6-13(15)14(18(19)21)10-12-8-9-16(20)17(11-12)22-2/h4-11,20H,3H2,1-2H3/b14-10-. The Morgan fingerprint density at radius 2 is 2.00 bits per heavy atom. The number of hydrogen-bond donors (Lipinski definition) is 1. The van der Waals surface area contributed by atoms with E-state index in [4.69, 9.17) is 4.74 Å². The summed E-state index contributed by atoms with van der Waals surface area (Å²) in [5.41, 5.74) is 3.34. The zero-order chi connectivity index (χ0) is 15.7. The summed E-state index contributed by atoms with van der Waals surface area (Å²) in [4.78, 5) is 14.4. The number of aromatic hydroxyl groups is 1. The number of likely N-dealkylation sites (N-methyl/N-ethyl adjacent to an activating group) is 1. The van der Waals surface area contributed by atoms with Crippen LogP contribution >= 0.6 is 0 Å². The molecule has 0 atom stereocenters. The number of ether oxygens (including phenoxy) is 1. The van der Waals surface area contributed by atoms with Crippen LogP contribution < -0.4 is 9.64 Å². The van der Waals surface area contributed by atoms with Crippen LogP contribution in [-0.2, 0) is 4.79 Å². The summed E-state index contributed by atoms with van der Waals surface area (Å²) in [6, 6.07) is 12.8. The Balaban J connectivity index is 2.10. The van der Waals surface area contributed by atoms with Gasteiger partial charge in [-0.2, -0.15) is 0 Å². The number of nitrogens with zero attached hydrogens (tertiary/aromatic N) is 1. The summed E-state index contributed by atoms with van der Waals surface area (Å²) < 4.78 is 5.11. The molecule has 0 saturated carbocycles. The van der Waals surface area contributed by atoms with Crippen molar-refractivity contribution in [1.82, 2.24) is 0 Å². The molecule has 0 fully saturated rings. The molecule has 2 aromatic carbocycles. The van der Waals surface area contributed by atoms with Gasteiger partial charge in [0, 0.05) is 17.7 Å². The van der Waals surface area contributed by atoms with E-state index in [0.717, 1.165) is 16.8 Å². The fourth-order valence-corrected chi connectivity index (χ4v) is 2.71. The molecule has 2 aromatic rings. The predicted molar refractivity (Wildman–Crippen MR) is 87.0 cm³/mol. The van der Waals surface area contributed by atoms with Crippen LogP contribution in [-0.4, -0.2) is 24.7 Å². The molecule has 0 spiro atoms. The molecule has 0 radical (unpaired) electrons. The van der Waals surface area contributed by atoms with Gasteiger partial charge in [-0.3, -0.25) is 4.79 Å². The summed E-state index contributed by atoms with van der Waals surface area (Å²) in [7, 11) is 1.50. The van der Waals surface area contributed by atoms with Gasteiger partial charge in [0.25, 0.3) is 5.91 Å². The maximum absolute atomic E-state index is 12.6. The van der Waals surface area contributed by atoms with Crippen molar-refractivity contribution in [2.75, 3.05) is 18.6 Å². The number of hydrogen-bond acceptors (Lipinski definition) is 3. The molecule has 4 nitrogen and oxygen atoms in total. The van der Waals surface area contributed by atoms with Crippen molar-refractivity contribution in [2.24, 2.45) is 0 Å². The van der Waals surface area contributed by atoms with Gasteiger partial charge in [0.05, 0.1) is 12.8 Å². The van der Waals surface area contributed by atoms with Crippen LogP contribution in [0.2, 0.25) is 0 Å². The zero-order valence-electron chi connectivity index (χ0n) is 12.5. The molecule has 0 aliphatic carbocycles. The van der Waals surface area contributed by atoms with Crippen molar-refractivity contribution in [3.63, 3.8) is 0 Å². The van der Waals surface area contributed by atoms with E-state index in [1.165, 1.54) is 7.11 Å². The monoisotopic (exact) mass is 295 g/mol. The smallest absolute Gasteiger partial charge is 0.258 e. The molecule has 22 heavy (non-hydrogen) atoms. The number of carbonyl (C=O) groups is 1. The quantitative estimate of drug-likeness (QED) is 0.884. The highest BCUT2D eigenvalue weighted by molar-refractivity contribution is 6.35. The average Bonchev–Trinajstić information content (AvgIpc) is 2.81. The van der Waals surface area contributed by atoms with Gasteiger partial charge in [-0.1, -0.05) is 24.3 Å². The SMILES string of the molecule is CCN1C(=O)/C(=C\c2ccc(O)c(OC)c2)c2ccccc21. The number of phenolic OH excluding ortho intramolecular Hbond substituents is 1. The topological polar surface area (TPSA) is 49.8 Å². The van der Waals surface area contributed by atoms with Gasteiger partial charge in [0.2, 0.25) is 0 Å². The normalized spacial score (nSPS) is 15.3. The number of carbonyl (C=O) groups excluding carboxylic acids is 1. The minimum Gasteiger partial charge on any atom is -0.504 e. The number of anilines is 1. The van der Waals surface area contributed by atoms with E-state index in [-0.39, 0.29) is 11.7 Å². The molecule has 112 valence electrons. The predicted octanol–water partition coefficient (Wildman–Crippen LogP) is 3.31. The second kappa shape index (κ2) is 5.56. The third kappa shape index (κ3) is 2.22. The highest BCUT2D eigenvalue weighted by Crippen LogP contribution is 2.38. The minimum atomic E-state index is -0.00394. The second-order valence-electron chi connectivity index (χ2n) is 5.06. The van der Waals surface area contributed by atoms with Gasteiger partial charge in [0.1, 0.15) is 0 Å². The summed E-state index contributed by atoms with van der Waals surface area (Å²) >= 11 is 0. The highest BCUT2D eigenvalue weighted by Gasteiger charge is 2.30. The maximum Gasteiger partial charge on any atom is 0.258 e. The first-order valence-corrected chi connectivity index (χ1v) is 7.15. The lowest BCUT2D eigenvalue weighted by atomic mass is 10.0. The number of amides is 1. The number of benzene rings is 2. The maximum atomic E-state index is 12.6. The number of rotatable bonds is 3. The number of methoxy groups -OCH3 is 1. The molecule has 1 N–H and O–H groups in total. The Labute approximate surface area is 129 Å². The summed E-state index contributed by atoms with van der Waals surface area (Å²) in [5.74, 6) is 0.467. The first-order valence-electron chi connectivity index (χ1n) is 7.15. The van der Waals surface area contributed by atoms with E-state index < -0.39 is 0 Å². The van der Waals surface area contributed by atoms with Crippen LogP contribution in [0.4, 0.5) is 5.69 Å². The van der Waals surface area contributed by atoms with Crippen molar-refractivity contribution >= 4 is 23.2 Å². The molecular weight excluding hydrogens is 278 g/mol. The van der Waals surface area contributed by atoms with Crippen molar-refractivity contribution in [3.8, 4) is 11.5 Å². The molecule has 0 aromatic heterocycles. The van der Waals surface area contributed by atoms with Crippen molar-refractivity contribution in [1.29, 1.82) is 0 Å². The molecule has 1 aliphatic heterocycles. The largest absolute Gasteiger partial charge is 0.504 e. The van der Waals surface area contributed by atoms with Gasteiger partial charge in [-0.25, -0.2) is 0 Å². The van der Waals surface area contributed by atoms with E-state index >= 15 is 0 Å². The summed E-state index contributed by atoms with van der Waals surface area (Å²) in [6.45, 7) is 2.59. The van der Waals surface area contributed by atoms with E-state index in [1.54, 1.807) is 23.1 Å². The Hall–Kier alpha value is -2.75. The van der Waals surface area contributed by atoms with E-state index in [0.29, 0.717) is 17.9 Å². The van der Waals surface area contributed by atoms with Crippen LogP contribution in [0, 0.1) is 0 Å². The van der Waals surface area contributed by atoms with Gasteiger partial charge in [-0.05, 0) is 36.8 Å². The molecule has 1 heterocycles. The Bertz CT molecular complexity index is 765. The van der Waals surface area contributed by atoms with Crippen molar-refractivity contribution in [2.45, 2.75) is 6.92 Å². The van der Waals surface area contributed by atoms with Gasteiger partial charge in [0.15, 0.2) is 11.5 Å². The number of fused-ring (bicyclic) bond motifs is 1. The molecular formula is C18H17NO3.